The van der Waals surface area contributed by atoms with Crippen LogP contribution in [0.2, 0.25) is 0 Å². The number of halogens is 6. The second-order valence-electron chi connectivity index (χ2n) is 9.75. The van der Waals surface area contributed by atoms with E-state index in [0.29, 0.717) is 17.5 Å². The first-order valence-electron chi connectivity index (χ1n) is 12.7. The average molecular weight is 663 g/mol. The van der Waals surface area contributed by atoms with Gasteiger partial charge in [0.15, 0.2) is 0 Å². The van der Waals surface area contributed by atoms with Crippen LogP contribution in [0.1, 0.15) is 32.1 Å². The fourth-order valence-corrected chi connectivity index (χ4v) is 8.49. The molecule has 4 aromatic carbocycles. The summed E-state index contributed by atoms with van der Waals surface area (Å²) in [7, 11) is 0. The van der Waals surface area contributed by atoms with Crippen LogP contribution in [-0.4, -0.2) is 24.6 Å². The number of alkyl halides is 3. The van der Waals surface area contributed by atoms with Crippen molar-refractivity contribution in [2.75, 3.05) is 0 Å². The van der Waals surface area contributed by atoms with Gasteiger partial charge in [0.25, 0.3) is 0 Å². The zero-order valence-corrected chi connectivity index (χ0v) is 24.8. The van der Waals surface area contributed by atoms with Crippen molar-refractivity contribution in [2.45, 2.75) is 36.6 Å². The molecule has 1 N–H and O–H groups in total. The van der Waals surface area contributed by atoms with E-state index in [9.17, 15) is 31.4 Å². The minimum absolute atomic E-state index is 0.0869. The van der Waals surface area contributed by atoms with Crippen LogP contribution in [0.4, 0.5) is 26.3 Å². The Bertz CT molecular complexity index is 1710. The number of aromatic nitrogens is 1. The Kier molecular flexibility index (Phi) is 8.60. The normalized spacial score (nSPS) is 12.5. The maximum absolute atomic E-state index is 13.8. The quantitative estimate of drug-likeness (QED) is 0.0817. The van der Waals surface area contributed by atoms with E-state index in [1.807, 2.05) is 38.1 Å². The average Bonchev–Trinajstić information content (AvgIpc) is 3.34. The van der Waals surface area contributed by atoms with Crippen molar-refractivity contribution in [1.29, 1.82) is 0 Å². The number of phenols is 1. The molecule has 0 fully saturated rings. The van der Waals surface area contributed by atoms with Crippen molar-refractivity contribution >= 4 is 26.3 Å². The molecule has 0 saturated carbocycles. The molecule has 216 valence electrons. The summed E-state index contributed by atoms with van der Waals surface area (Å²) in [5.41, 5.74) is 3.16. The number of hydrogen-bond acceptors (Lipinski definition) is 3. The number of rotatable bonds is 7. The van der Waals surface area contributed by atoms with Crippen LogP contribution in [0.25, 0.3) is 21.3 Å². The number of phenolic OH excluding ortho intramolecular Hbond substituents is 1. The number of benzene rings is 4. The van der Waals surface area contributed by atoms with E-state index in [-0.39, 0.29) is 31.1 Å². The SMILES string of the molecule is Cc1cc(SC(Cc2ccc(-c3cc(F)c(F)c(F)c3)cc2)c2[se]c(-c3ccc(C(F)(F)F)cc3)nc2C)ccc1O. The maximum atomic E-state index is 13.8. The van der Waals surface area contributed by atoms with Gasteiger partial charge in [-0.05, 0) is 0 Å². The molecule has 0 aliphatic rings. The third-order valence-corrected chi connectivity index (χ3v) is 11.0. The van der Waals surface area contributed by atoms with E-state index in [1.54, 1.807) is 30.0 Å². The zero-order chi connectivity index (χ0) is 30.2. The Morgan fingerprint density at radius 3 is 2.02 bits per heavy atom. The fraction of sp³-hybridized carbons (Fsp3) is 0.156. The van der Waals surface area contributed by atoms with Crippen molar-refractivity contribution in [3.63, 3.8) is 0 Å². The number of aromatic hydroxyl groups is 1. The molecule has 0 aliphatic carbocycles. The predicted molar refractivity (Wildman–Crippen MR) is 153 cm³/mol. The second-order valence-corrected chi connectivity index (χ2v) is 13.2. The molecule has 0 aliphatic heterocycles. The fourth-order valence-electron chi connectivity index (χ4n) is 4.46. The van der Waals surface area contributed by atoms with Gasteiger partial charge in [0.05, 0.1) is 0 Å². The van der Waals surface area contributed by atoms with Crippen LogP contribution in [0, 0.1) is 31.3 Å². The van der Waals surface area contributed by atoms with E-state index in [2.05, 4.69) is 0 Å². The van der Waals surface area contributed by atoms with Crippen LogP contribution in [-0.2, 0) is 12.6 Å². The first-order chi connectivity index (χ1) is 19.9. The van der Waals surface area contributed by atoms with Gasteiger partial charge in [-0.2, -0.15) is 0 Å². The third kappa shape index (κ3) is 6.61. The summed E-state index contributed by atoms with van der Waals surface area (Å²) < 4.78 is 82.0. The Hall–Kier alpha value is -3.46. The van der Waals surface area contributed by atoms with E-state index < -0.39 is 29.2 Å². The van der Waals surface area contributed by atoms with Crippen LogP contribution in [0.15, 0.2) is 83.8 Å². The van der Waals surface area contributed by atoms with Crippen molar-refractivity contribution in [3.8, 4) is 27.0 Å². The van der Waals surface area contributed by atoms with E-state index in [4.69, 9.17) is 4.98 Å². The van der Waals surface area contributed by atoms with E-state index >= 15 is 0 Å². The molecule has 0 radical (unpaired) electrons. The van der Waals surface area contributed by atoms with Crippen molar-refractivity contribution in [2.24, 2.45) is 0 Å². The molecular formula is C32H23F6NOSSe. The molecule has 5 rings (SSSR count). The summed E-state index contributed by atoms with van der Waals surface area (Å²) in [4.78, 5) is 5.67. The monoisotopic (exact) mass is 663 g/mol. The number of thioether (sulfide) groups is 1. The van der Waals surface area contributed by atoms with Crippen molar-refractivity contribution in [3.05, 3.63) is 123 Å². The van der Waals surface area contributed by atoms with E-state index in [0.717, 1.165) is 55.0 Å². The molecule has 1 heterocycles. The van der Waals surface area contributed by atoms with Gasteiger partial charge in [-0.1, -0.05) is 0 Å². The summed E-state index contributed by atoms with van der Waals surface area (Å²) in [6.07, 6.45) is -3.85. The summed E-state index contributed by atoms with van der Waals surface area (Å²) in [6.45, 7) is 3.70. The molecule has 0 bridgehead atoms. The van der Waals surface area contributed by atoms with Crippen LogP contribution in [0.3, 0.4) is 0 Å². The van der Waals surface area contributed by atoms with Gasteiger partial charge in [-0.3, -0.25) is 0 Å². The van der Waals surface area contributed by atoms with Crippen molar-refractivity contribution in [1.82, 2.24) is 4.98 Å². The van der Waals surface area contributed by atoms with Crippen molar-refractivity contribution < 1.29 is 31.4 Å². The molecule has 0 spiro atoms. The molecule has 42 heavy (non-hydrogen) atoms. The van der Waals surface area contributed by atoms with Crippen LogP contribution < -0.4 is 0 Å². The van der Waals surface area contributed by atoms with Gasteiger partial charge in [0.2, 0.25) is 0 Å². The second kappa shape index (κ2) is 12.0. The van der Waals surface area contributed by atoms with Gasteiger partial charge >= 0.3 is 249 Å². The topological polar surface area (TPSA) is 33.1 Å². The molecular weight excluding hydrogens is 639 g/mol. The standard InChI is InChI=1S/C32H23F6NOSSe/c1-17-13-24(11-12-27(17)40)41-28(14-19-3-5-20(6-4-19)22-15-25(33)29(35)26(34)16-22)30-18(2)39-31(42-30)21-7-9-23(10-8-21)32(36,37)38/h3-13,15-16,28,40H,14H2,1-2H3. The predicted octanol–water partition coefficient (Wildman–Crippen LogP) is 9.31. The van der Waals surface area contributed by atoms with Gasteiger partial charge in [0, 0.05) is 0 Å². The molecule has 0 amide bonds. The van der Waals surface area contributed by atoms with Gasteiger partial charge < -0.3 is 0 Å². The van der Waals surface area contributed by atoms with Gasteiger partial charge in [0.1, 0.15) is 0 Å². The Morgan fingerprint density at radius 2 is 1.43 bits per heavy atom. The van der Waals surface area contributed by atoms with Gasteiger partial charge in [-0.15, -0.1) is 0 Å². The molecule has 5 aromatic rings. The Balaban J connectivity index is 1.46. The van der Waals surface area contributed by atoms with E-state index in [1.165, 1.54) is 12.1 Å². The number of hydrogen-bond donors (Lipinski definition) is 1. The molecule has 1 aromatic heterocycles. The molecule has 1 atom stereocenters. The molecule has 2 nitrogen and oxygen atoms in total. The molecule has 10 heteroatoms. The minimum atomic E-state index is -4.42. The van der Waals surface area contributed by atoms with Gasteiger partial charge in [-0.25, -0.2) is 0 Å². The summed E-state index contributed by atoms with van der Waals surface area (Å²) in [6, 6.07) is 19.4. The Labute approximate surface area is 248 Å². The summed E-state index contributed by atoms with van der Waals surface area (Å²) in [5.74, 6) is -3.85. The van der Waals surface area contributed by atoms with Crippen LogP contribution >= 0.6 is 11.8 Å². The van der Waals surface area contributed by atoms with Crippen LogP contribution in [0.5, 0.6) is 5.75 Å². The zero-order valence-electron chi connectivity index (χ0n) is 22.3. The number of aryl methyl sites for hydroxylation is 2. The first kappa shape index (κ1) is 30.0. The number of nitrogens with zero attached hydrogens (tertiary/aromatic N) is 1. The molecule has 1 unspecified atom stereocenters. The Morgan fingerprint density at radius 1 is 0.810 bits per heavy atom. The summed E-state index contributed by atoms with van der Waals surface area (Å²) >= 11 is 1.35. The summed E-state index contributed by atoms with van der Waals surface area (Å²) in [5, 5.41) is 9.91. The third-order valence-electron chi connectivity index (χ3n) is 6.72. The molecule has 0 saturated heterocycles. The first-order valence-corrected chi connectivity index (χ1v) is 15.3.